The first-order chi connectivity index (χ1) is 16.8. The molecule has 0 fully saturated rings. The van der Waals surface area contributed by atoms with Gasteiger partial charge in [0.25, 0.3) is 10.0 Å². The maximum Gasteiger partial charge on any atom is 0.265 e. The maximum absolute atomic E-state index is 14.2. The van der Waals surface area contributed by atoms with Crippen molar-refractivity contribution in [3.05, 3.63) is 111 Å². The first-order valence-corrected chi connectivity index (χ1v) is 12.5. The van der Waals surface area contributed by atoms with E-state index in [-0.39, 0.29) is 28.7 Å². The lowest BCUT2D eigenvalue weighted by Crippen LogP contribution is -2.39. The third-order valence-corrected chi connectivity index (χ3v) is 8.18. The summed E-state index contributed by atoms with van der Waals surface area (Å²) in [6, 6.07) is 23.0. The standard InChI is InChI=1S/C26H20ClN3O4S/c1-33-19-12-6-16(7-13-19)15-30-22-5-3-2-4-20(22)24-25(35(30,31)32)23(21(14-28)26(29)34-24)17-8-10-18(27)11-9-17/h2-13,23H,15,29H2,1H3/t23-/m1/s1. The topological polar surface area (TPSA) is 106 Å². The number of hydrogen-bond donors (Lipinski definition) is 1. The van der Waals surface area contributed by atoms with E-state index < -0.39 is 15.9 Å². The summed E-state index contributed by atoms with van der Waals surface area (Å²) in [4.78, 5) is -0.0298. The van der Waals surface area contributed by atoms with Crippen LogP contribution in [0.15, 0.2) is 89.2 Å². The molecule has 2 aliphatic rings. The number of benzene rings is 3. The zero-order valence-electron chi connectivity index (χ0n) is 18.6. The molecule has 0 spiro atoms. The molecule has 0 bridgehead atoms. The number of hydrogen-bond acceptors (Lipinski definition) is 6. The zero-order chi connectivity index (χ0) is 24.7. The van der Waals surface area contributed by atoms with Crippen LogP contribution in [0.25, 0.3) is 5.76 Å². The molecule has 2 N–H and O–H groups in total. The van der Waals surface area contributed by atoms with Crippen LogP contribution < -0.4 is 14.8 Å². The largest absolute Gasteiger partial charge is 0.497 e. The molecule has 3 aromatic rings. The van der Waals surface area contributed by atoms with Gasteiger partial charge in [-0.15, -0.1) is 0 Å². The molecule has 1 atom stereocenters. The van der Waals surface area contributed by atoms with Crippen molar-refractivity contribution in [3.63, 3.8) is 0 Å². The van der Waals surface area contributed by atoms with E-state index in [0.717, 1.165) is 5.56 Å². The molecule has 5 rings (SSSR count). The third-order valence-electron chi connectivity index (χ3n) is 6.05. The molecule has 35 heavy (non-hydrogen) atoms. The number of halogens is 1. The number of fused-ring (bicyclic) bond motifs is 2. The van der Waals surface area contributed by atoms with E-state index in [0.29, 0.717) is 27.6 Å². The molecule has 0 unspecified atom stereocenters. The number of anilines is 1. The summed E-state index contributed by atoms with van der Waals surface area (Å²) >= 11 is 6.07. The van der Waals surface area contributed by atoms with Crippen molar-refractivity contribution in [2.24, 2.45) is 5.73 Å². The minimum atomic E-state index is -4.14. The van der Waals surface area contributed by atoms with Crippen LogP contribution in [0.4, 0.5) is 5.69 Å². The van der Waals surface area contributed by atoms with Gasteiger partial charge in [-0.3, -0.25) is 4.31 Å². The molecule has 0 saturated heterocycles. The van der Waals surface area contributed by atoms with Crippen LogP contribution in [0.5, 0.6) is 5.75 Å². The molecule has 0 aromatic heterocycles. The van der Waals surface area contributed by atoms with Crippen molar-refractivity contribution >= 4 is 33.1 Å². The van der Waals surface area contributed by atoms with Crippen LogP contribution in [0.2, 0.25) is 5.02 Å². The number of ether oxygens (including phenoxy) is 2. The van der Waals surface area contributed by atoms with Gasteiger partial charge in [0.2, 0.25) is 5.88 Å². The van der Waals surface area contributed by atoms with Crippen molar-refractivity contribution in [1.29, 1.82) is 5.26 Å². The average molecular weight is 506 g/mol. The summed E-state index contributed by atoms with van der Waals surface area (Å²) in [5.41, 5.74) is 8.54. The van der Waals surface area contributed by atoms with E-state index in [1.54, 1.807) is 67.8 Å². The Morgan fingerprint density at radius 1 is 1.09 bits per heavy atom. The van der Waals surface area contributed by atoms with Crippen molar-refractivity contribution in [2.75, 3.05) is 11.4 Å². The predicted octanol–water partition coefficient (Wildman–Crippen LogP) is 4.88. The van der Waals surface area contributed by atoms with Gasteiger partial charge in [0.15, 0.2) is 5.76 Å². The first kappa shape index (κ1) is 22.8. The first-order valence-electron chi connectivity index (χ1n) is 10.7. The molecule has 7 nitrogen and oxygen atoms in total. The highest BCUT2D eigenvalue weighted by Gasteiger charge is 2.47. The quantitative estimate of drug-likeness (QED) is 0.542. The fraction of sp³-hybridized carbons (Fsp3) is 0.115. The number of sulfonamides is 1. The van der Waals surface area contributed by atoms with Gasteiger partial charge >= 0.3 is 0 Å². The summed E-state index contributed by atoms with van der Waals surface area (Å²) in [5, 5.41) is 10.4. The van der Waals surface area contributed by atoms with Gasteiger partial charge in [-0.2, -0.15) is 5.26 Å². The SMILES string of the molecule is COc1ccc(CN2c3ccccc3C3=C([C@H](c4ccc(Cl)cc4)C(C#N)=C(N)O3)S2(=O)=O)cc1. The highest BCUT2D eigenvalue weighted by atomic mass is 35.5. The van der Waals surface area contributed by atoms with Gasteiger partial charge in [-0.25, -0.2) is 8.42 Å². The molecule has 2 heterocycles. The van der Waals surface area contributed by atoms with Crippen molar-refractivity contribution < 1.29 is 17.9 Å². The Hall–Kier alpha value is -3.93. The van der Waals surface area contributed by atoms with Gasteiger partial charge in [0.1, 0.15) is 22.3 Å². The smallest absolute Gasteiger partial charge is 0.265 e. The van der Waals surface area contributed by atoms with Crippen molar-refractivity contribution in [2.45, 2.75) is 12.5 Å². The monoisotopic (exact) mass is 505 g/mol. The van der Waals surface area contributed by atoms with Crippen LogP contribution >= 0.6 is 11.6 Å². The van der Waals surface area contributed by atoms with E-state index in [1.807, 2.05) is 12.1 Å². The summed E-state index contributed by atoms with van der Waals surface area (Å²) in [5.74, 6) is -0.274. The van der Waals surface area contributed by atoms with Crippen molar-refractivity contribution in [1.82, 2.24) is 0 Å². The summed E-state index contributed by atoms with van der Waals surface area (Å²) in [6.07, 6.45) is 0. The van der Waals surface area contributed by atoms with Gasteiger partial charge in [-0.1, -0.05) is 48.0 Å². The summed E-state index contributed by atoms with van der Waals surface area (Å²) in [6.45, 7) is 0.0779. The number of nitrogens with two attached hydrogens (primary N) is 1. The normalized spacial score (nSPS) is 18.3. The van der Waals surface area contributed by atoms with Crippen LogP contribution in [0.3, 0.4) is 0 Å². The van der Waals surface area contributed by atoms with E-state index in [4.69, 9.17) is 26.8 Å². The fourth-order valence-corrected chi connectivity index (χ4v) is 6.40. The van der Waals surface area contributed by atoms with Gasteiger partial charge < -0.3 is 15.2 Å². The summed E-state index contributed by atoms with van der Waals surface area (Å²) < 4.78 is 40.8. The molecule has 0 amide bonds. The Morgan fingerprint density at radius 3 is 2.43 bits per heavy atom. The second kappa shape index (κ2) is 8.69. The summed E-state index contributed by atoms with van der Waals surface area (Å²) in [7, 11) is -2.57. The maximum atomic E-state index is 14.2. The molecular weight excluding hydrogens is 486 g/mol. The molecular formula is C26H20ClN3O4S. The minimum absolute atomic E-state index is 0.0263. The zero-order valence-corrected chi connectivity index (χ0v) is 20.2. The van der Waals surface area contributed by atoms with E-state index in [1.165, 1.54) is 4.31 Å². The number of methoxy groups -OCH3 is 1. The lowest BCUT2D eigenvalue weighted by molar-refractivity contribution is 0.357. The third kappa shape index (κ3) is 3.79. The molecule has 9 heteroatoms. The lowest BCUT2D eigenvalue weighted by Gasteiger charge is -2.38. The Kier molecular flexibility index (Phi) is 5.67. The van der Waals surface area contributed by atoms with Gasteiger partial charge in [0, 0.05) is 10.6 Å². The van der Waals surface area contributed by atoms with Crippen LogP contribution in [0, 0.1) is 11.3 Å². The molecule has 0 aliphatic carbocycles. The van der Waals surface area contributed by atoms with Crippen LogP contribution in [-0.2, 0) is 21.3 Å². The van der Waals surface area contributed by atoms with Crippen LogP contribution in [0.1, 0.15) is 22.6 Å². The second-order valence-electron chi connectivity index (χ2n) is 8.05. The Morgan fingerprint density at radius 2 is 1.77 bits per heavy atom. The number of nitriles is 1. The van der Waals surface area contributed by atoms with E-state index >= 15 is 0 Å². The Balaban J connectivity index is 1.72. The average Bonchev–Trinajstić information content (AvgIpc) is 2.86. The van der Waals surface area contributed by atoms with E-state index in [2.05, 4.69) is 6.07 Å². The Bertz CT molecular complexity index is 1520. The second-order valence-corrected chi connectivity index (χ2v) is 10.3. The molecule has 0 radical (unpaired) electrons. The van der Waals surface area contributed by atoms with E-state index in [9.17, 15) is 13.7 Å². The number of allylic oxidation sites excluding steroid dienone is 2. The number of rotatable bonds is 4. The Labute approximate surface area is 208 Å². The lowest BCUT2D eigenvalue weighted by atomic mass is 9.88. The highest BCUT2D eigenvalue weighted by Crippen LogP contribution is 2.51. The highest BCUT2D eigenvalue weighted by molar-refractivity contribution is 7.96. The number of para-hydroxylation sites is 1. The van der Waals surface area contributed by atoms with Crippen molar-refractivity contribution in [3.8, 4) is 11.8 Å². The van der Waals surface area contributed by atoms with Gasteiger partial charge in [0.05, 0.1) is 25.3 Å². The minimum Gasteiger partial charge on any atom is -0.497 e. The van der Waals surface area contributed by atoms with Crippen LogP contribution in [-0.4, -0.2) is 15.5 Å². The molecule has 0 saturated carbocycles. The number of nitrogens with zero attached hydrogens (tertiary/aromatic N) is 2. The fourth-order valence-electron chi connectivity index (χ4n) is 4.36. The molecule has 2 aliphatic heterocycles. The van der Waals surface area contributed by atoms with Gasteiger partial charge in [-0.05, 0) is 47.5 Å². The molecule has 3 aromatic carbocycles. The molecule has 176 valence electrons. The predicted molar refractivity (Wildman–Crippen MR) is 134 cm³/mol.